The van der Waals surface area contributed by atoms with E-state index < -0.39 is 20.2 Å². The molecule has 1 saturated heterocycles. The van der Waals surface area contributed by atoms with E-state index in [0.29, 0.717) is 12.1 Å². The molecule has 11 heteroatoms. The summed E-state index contributed by atoms with van der Waals surface area (Å²) in [7, 11) is -4.38. The lowest BCUT2D eigenvalue weighted by Gasteiger charge is -2.24. The average Bonchev–Trinajstić information content (AvgIpc) is 2.67. The Kier molecular flexibility index (Phi) is 5.16. The number of aromatic nitrogens is 1. The molecular formula is C12H22N4O5S2. The van der Waals surface area contributed by atoms with Crippen molar-refractivity contribution in [1.29, 1.82) is 0 Å². The summed E-state index contributed by atoms with van der Waals surface area (Å²) in [5.41, 5.74) is 0.310. The summed E-state index contributed by atoms with van der Waals surface area (Å²) in [6, 6.07) is 0. The van der Waals surface area contributed by atoms with Gasteiger partial charge in [-0.05, 0) is 20.3 Å². The van der Waals surface area contributed by atoms with Gasteiger partial charge >= 0.3 is 0 Å². The van der Waals surface area contributed by atoms with E-state index in [-0.39, 0.29) is 36.8 Å². The molecule has 132 valence electrons. The Morgan fingerprint density at radius 2 is 1.57 bits per heavy atom. The minimum Gasteiger partial charge on any atom is -0.360 e. The molecule has 0 amide bonds. The molecule has 1 aliphatic rings. The van der Waals surface area contributed by atoms with Crippen molar-refractivity contribution in [1.82, 2.24) is 18.1 Å². The van der Waals surface area contributed by atoms with E-state index in [4.69, 9.17) is 4.52 Å². The van der Waals surface area contributed by atoms with Gasteiger partial charge in [-0.1, -0.05) is 5.16 Å². The molecule has 2 heterocycles. The molecule has 0 radical (unpaired) electrons. The first kappa shape index (κ1) is 18.3. The third-order valence-corrected chi connectivity index (χ3v) is 7.85. The van der Waals surface area contributed by atoms with Gasteiger partial charge < -0.3 is 4.52 Å². The molecule has 0 spiro atoms. The highest BCUT2D eigenvalue weighted by molar-refractivity contribution is 7.89. The summed E-state index contributed by atoms with van der Waals surface area (Å²) in [5.74, 6) is 0.240. The average molecular weight is 366 g/mol. The van der Waals surface area contributed by atoms with Crippen LogP contribution >= 0.6 is 0 Å². The van der Waals surface area contributed by atoms with Gasteiger partial charge in [0, 0.05) is 40.3 Å². The molecule has 1 fully saturated rings. The highest BCUT2D eigenvalue weighted by atomic mass is 32.2. The highest BCUT2D eigenvalue weighted by Gasteiger charge is 2.34. The third kappa shape index (κ3) is 3.43. The predicted octanol–water partition coefficient (Wildman–Crippen LogP) is -0.206. The van der Waals surface area contributed by atoms with E-state index in [1.807, 2.05) is 0 Å². The lowest BCUT2D eigenvalue weighted by atomic mass is 10.4. The number of sulfonamides is 1. The van der Waals surface area contributed by atoms with E-state index in [2.05, 4.69) is 5.16 Å². The summed E-state index contributed by atoms with van der Waals surface area (Å²) in [6.07, 6.45) is 0.426. The van der Waals surface area contributed by atoms with E-state index in [1.54, 1.807) is 13.8 Å². The molecule has 0 atom stereocenters. The molecule has 1 aromatic heterocycles. The fraction of sp³-hybridized carbons (Fsp3) is 0.750. The summed E-state index contributed by atoms with van der Waals surface area (Å²) in [4.78, 5) is 0.0708. The highest BCUT2D eigenvalue weighted by Crippen LogP contribution is 2.24. The van der Waals surface area contributed by atoms with Crippen molar-refractivity contribution in [3.05, 3.63) is 11.5 Å². The zero-order valence-corrected chi connectivity index (χ0v) is 15.3. The standard InChI is InChI=1S/C12H22N4O5S2/c1-10-12(11(2)21-13-10)22(17,18)15-6-5-7-16(9-8-15)23(19,20)14(3)4/h5-9H2,1-4H3. The van der Waals surface area contributed by atoms with Gasteiger partial charge in [0.1, 0.15) is 10.6 Å². The SMILES string of the molecule is Cc1noc(C)c1S(=O)(=O)N1CCCN(S(=O)(=O)N(C)C)CC1. The molecule has 9 nitrogen and oxygen atoms in total. The zero-order chi connectivity index (χ0) is 17.4. The van der Waals surface area contributed by atoms with Crippen LogP contribution in [0.4, 0.5) is 0 Å². The van der Waals surface area contributed by atoms with Gasteiger partial charge in [0.05, 0.1) is 0 Å². The number of nitrogens with zero attached hydrogens (tertiary/aromatic N) is 4. The largest absolute Gasteiger partial charge is 0.360 e. The number of hydrogen-bond donors (Lipinski definition) is 0. The molecule has 1 aromatic rings. The summed E-state index contributed by atoms with van der Waals surface area (Å²) in [6.45, 7) is 3.88. The van der Waals surface area contributed by atoms with Gasteiger partial charge in [0.25, 0.3) is 10.2 Å². The lowest BCUT2D eigenvalue weighted by molar-refractivity contribution is 0.376. The molecule has 0 unspecified atom stereocenters. The molecule has 23 heavy (non-hydrogen) atoms. The quantitative estimate of drug-likeness (QED) is 0.731. The normalized spacial score (nSPS) is 19.2. The topological polar surface area (TPSA) is 104 Å². The number of aryl methyl sites for hydroxylation is 2. The van der Waals surface area contributed by atoms with Crippen LogP contribution in [0.1, 0.15) is 17.9 Å². The maximum absolute atomic E-state index is 12.8. The maximum atomic E-state index is 12.8. The zero-order valence-electron chi connectivity index (χ0n) is 13.7. The van der Waals surface area contributed by atoms with Crippen LogP contribution in [0.25, 0.3) is 0 Å². The maximum Gasteiger partial charge on any atom is 0.281 e. The molecule has 2 rings (SSSR count). The fourth-order valence-corrected chi connectivity index (χ4v) is 5.44. The van der Waals surface area contributed by atoms with Crippen molar-refractivity contribution in [3.8, 4) is 0 Å². The summed E-state index contributed by atoms with van der Waals surface area (Å²) in [5, 5.41) is 3.68. The van der Waals surface area contributed by atoms with Crippen molar-refractivity contribution in [3.63, 3.8) is 0 Å². The van der Waals surface area contributed by atoms with Gasteiger partial charge in [-0.3, -0.25) is 0 Å². The second kappa shape index (κ2) is 6.48. The van der Waals surface area contributed by atoms with E-state index in [0.717, 1.165) is 4.31 Å². The minimum absolute atomic E-state index is 0.0708. The second-order valence-electron chi connectivity index (χ2n) is 5.60. The Balaban J connectivity index is 2.24. The van der Waals surface area contributed by atoms with Crippen LogP contribution in [-0.2, 0) is 20.2 Å². The van der Waals surface area contributed by atoms with Crippen molar-refractivity contribution < 1.29 is 21.4 Å². The molecular weight excluding hydrogens is 344 g/mol. The minimum atomic E-state index is -3.75. The van der Waals surface area contributed by atoms with Crippen LogP contribution in [0, 0.1) is 13.8 Å². The van der Waals surface area contributed by atoms with Gasteiger partial charge in [-0.15, -0.1) is 0 Å². The van der Waals surface area contributed by atoms with Gasteiger partial charge in [0.2, 0.25) is 10.0 Å². The van der Waals surface area contributed by atoms with Crippen LogP contribution in [0.3, 0.4) is 0 Å². The third-order valence-electron chi connectivity index (χ3n) is 3.77. The lowest BCUT2D eigenvalue weighted by Crippen LogP contribution is -2.42. The Bertz CT molecular complexity index is 750. The predicted molar refractivity (Wildman–Crippen MR) is 83.5 cm³/mol. The Hall–Kier alpha value is -1.01. The van der Waals surface area contributed by atoms with Crippen LogP contribution in [0.15, 0.2) is 9.42 Å². The smallest absolute Gasteiger partial charge is 0.281 e. The monoisotopic (exact) mass is 366 g/mol. The molecule has 0 saturated carbocycles. The molecule has 0 aliphatic carbocycles. The van der Waals surface area contributed by atoms with E-state index >= 15 is 0 Å². The molecule has 1 aliphatic heterocycles. The molecule has 0 aromatic carbocycles. The van der Waals surface area contributed by atoms with Crippen LogP contribution in [0.5, 0.6) is 0 Å². The van der Waals surface area contributed by atoms with Crippen molar-refractivity contribution in [2.45, 2.75) is 25.2 Å². The van der Waals surface area contributed by atoms with Crippen molar-refractivity contribution in [2.75, 3.05) is 40.3 Å². The second-order valence-corrected chi connectivity index (χ2v) is 9.62. The van der Waals surface area contributed by atoms with E-state index in [1.165, 1.54) is 22.7 Å². The van der Waals surface area contributed by atoms with Gasteiger partial charge in [-0.2, -0.15) is 21.3 Å². The van der Waals surface area contributed by atoms with E-state index in [9.17, 15) is 16.8 Å². The Morgan fingerprint density at radius 3 is 2.09 bits per heavy atom. The van der Waals surface area contributed by atoms with Crippen LogP contribution < -0.4 is 0 Å². The summed E-state index contributed by atoms with van der Waals surface area (Å²) < 4.78 is 58.6. The first-order valence-electron chi connectivity index (χ1n) is 7.19. The van der Waals surface area contributed by atoms with Crippen LogP contribution in [-0.4, -0.2) is 75.2 Å². The van der Waals surface area contributed by atoms with Gasteiger partial charge in [0.15, 0.2) is 5.76 Å². The first-order chi connectivity index (χ1) is 10.6. The van der Waals surface area contributed by atoms with Gasteiger partial charge in [-0.25, -0.2) is 8.42 Å². The number of rotatable bonds is 4. The number of hydrogen-bond acceptors (Lipinski definition) is 6. The Morgan fingerprint density at radius 1 is 1.00 bits per heavy atom. The van der Waals surface area contributed by atoms with Crippen LogP contribution in [0.2, 0.25) is 0 Å². The van der Waals surface area contributed by atoms with Crippen molar-refractivity contribution in [2.24, 2.45) is 0 Å². The molecule has 0 N–H and O–H groups in total. The molecule has 0 bridgehead atoms. The van der Waals surface area contributed by atoms with Crippen molar-refractivity contribution >= 4 is 20.2 Å². The summed E-state index contributed by atoms with van der Waals surface area (Å²) >= 11 is 0. The fourth-order valence-electron chi connectivity index (χ4n) is 2.54. The Labute approximate surface area is 137 Å². The first-order valence-corrected chi connectivity index (χ1v) is 10.0.